The average molecular weight is 362 g/mol. The lowest BCUT2D eigenvalue weighted by Crippen LogP contribution is -2.39. The molecule has 0 spiro atoms. The van der Waals surface area contributed by atoms with Crippen molar-refractivity contribution in [3.8, 4) is 0 Å². The van der Waals surface area contributed by atoms with E-state index in [2.05, 4.69) is 4.98 Å². The lowest BCUT2D eigenvalue weighted by Gasteiger charge is -2.25. The van der Waals surface area contributed by atoms with Gasteiger partial charge in [-0.05, 0) is 31.0 Å². The number of nitrogens with zero attached hydrogens (tertiary/aromatic N) is 1. The van der Waals surface area contributed by atoms with Gasteiger partial charge in [0.15, 0.2) is 0 Å². The summed E-state index contributed by atoms with van der Waals surface area (Å²) in [6, 6.07) is 4.94. The molecule has 7 nitrogen and oxygen atoms in total. The Morgan fingerprint density at radius 3 is 2.85 bits per heavy atom. The van der Waals surface area contributed by atoms with Crippen LogP contribution in [0, 0.1) is 5.82 Å². The van der Waals surface area contributed by atoms with E-state index in [1.807, 2.05) is 0 Å². The molecule has 2 N–H and O–H groups in total. The molecule has 2 aromatic rings. The average Bonchev–Trinajstić information content (AvgIpc) is 3.09. The zero-order valence-electron chi connectivity index (χ0n) is 14.0. The quantitative estimate of drug-likeness (QED) is 0.816. The number of carboxylic acids is 1. The van der Waals surface area contributed by atoms with Crippen molar-refractivity contribution in [1.82, 2.24) is 9.88 Å². The fourth-order valence-corrected chi connectivity index (χ4v) is 3.12. The number of hydrogen-bond donors (Lipinski definition) is 2. The zero-order chi connectivity index (χ0) is 18.7. The summed E-state index contributed by atoms with van der Waals surface area (Å²) in [7, 11) is 0. The molecule has 0 radical (unpaired) electrons. The summed E-state index contributed by atoms with van der Waals surface area (Å²) in [5.74, 6) is -2.02. The first-order valence-corrected chi connectivity index (χ1v) is 8.39. The first-order chi connectivity index (χ1) is 12.4. The minimum atomic E-state index is -1.02. The summed E-state index contributed by atoms with van der Waals surface area (Å²) < 4.78 is 19.0. The van der Waals surface area contributed by atoms with Crippen LogP contribution < -0.4 is 5.56 Å². The predicted molar refractivity (Wildman–Crippen MR) is 91.7 cm³/mol. The molecule has 8 heteroatoms. The minimum Gasteiger partial charge on any atom is -0.481 e. The monoisotopic (exact) mass is 362 g/mol. The molecule has 3 rings (SSSR count). The Morgan fingerprint density at radius 2 is 2.15 bits per heavy atom. The van der Waals surface area contributed by atoms with Crippen LogP contribution in [0.5, 0.6) is 0 Å². The highest BCUT2D eigenvalue weighted by atomic mass is 19.1. The van der Waals surface area contributed by atoms with Crippen molar-refractivity contribution >= 4 is 22.8 Å². The number of amides is 1. The van der Waals surface area contributed by atoms with Gasteiger partial charge in [-0.2, -0.15) is 0 Å². The Kier molecular flexibility index (Phi) is 5.32. The molecule has 1 fully saturated rings. The Morgan fingerprint density at radius 1 is 1.35 bits per heavy atom. The Bertz CT molecular complexity index is 889. The van der Waals surface area contributed by atoms with Crippen LogP contribution in [0.2, 0.25) is 0 Å². The van der Waals surface area contributed by atoms with Gasteiger partial charge in [0.25, 0.3) is 5.91 Å². The number of benzene rings is 1. The van der Waals surface area contributed by atoms with Crippen molar-refractivity contribution in [3.63, 3.8) is 0 Å². The Balaban J connectivity index is 1.95. The van der Waals surface area contributed by atoms with Crippen LogP contribution in [0.3, 0.4) is 0 Å². The summed E-state index contributed by atoms with van der Waals surface area (Å²) >= 11 is 0. The highest BCUT2D eigenvalue weighted by Gasteiger charge is 2.25. The molecule has 0 saturated carbocycles. The third-order valence-electron chi connectivity index (χ3n) is 4.37. The summed E-state index contributed by atoms with van der Waals surface area (Å²) in [5, 5.41) is 9.36. The number of aromatic amines is 1. The number of carbonyl (C=O) groups is 2. The molecule has 138 valence electrons. The van der Waals surface area contributed by atoms with Gasteiger partial charge in [-0.25, -0.2) is 4.39 Å². The molecule has 1 atom stereocenters. The van der Waals surface area contributed by atoms with Gasteiger partial charge in [-0.15, -0.1) is 0 Å². The van der Waals surface area contributed by atoms with Gasteiger partial charge in [-0.3, -0.25) is 14.4 Å². The second kappa shape index (κ2) is 7.65. The molecular formula is C18H19FN2O5. The van der Waals surface area contributed by atoms with E-state index in [1.54, 1.807) is 0 Å². The third kappa shape index (κ3) is 4.08. The smallest absolute Gasteiger partial charge is 0.305 e. The molecule has 0 bridgehead atoms. The maximum absolute atomic E-state index is 13.4. The molecule has 1 aliphatic heterocycles. The maximum atomic E-state index is 13.4. The fraction of sp³-hybridized carbons (Fsp3) is 0.389. The first-order valence-electron chi connectivity index (χ1n) is 8.39. The topological polar surface area (TPSA) is 99.7 Å². The summed E-state index contributed by atoms with van der Waals surface area (Å²) in [5.41, 5.74) is -0.190. The van der Waals surface area contributed by atoms with E-state index < -0.39 is 23.3 Å². The van der Waals surface area contributed by atoms with Crippen molar-refractivity contribution < 1.29 is 23.8 Å². The molecule has 1 amide bonds. The van der Waals surface area contributed by atoms with Gasteiger partial charge in [-0.1, -0.05) is 0 Å². The van der Waals surface area contributed by atoms with Crippen LogP contribution >= 0.6 is 0 Å². The number of halogens is 1. The van der Waals surface area contributed by atoms with Crippen LogP contribution in [0.1, 0.15) is 29.6 Å². The summed E-state index contributed by atoms with van der Waals surface area (Å²) in [4.78, 5) is 39.7. The summed E-state index contributed by atoms with van der Waals surface area (Å²) in [6.45, 7) is 0.865. The summed E-state index contributed by atoms with van der Waals surface area (Å²) in [6.07, 6.45) is 1.31. The number of ether oxygens (including phenoxy) is 1. The van der Waals surface area contributed by atoms with E-state index >= 15 is 0 Å². The van der Waals surface area contributed by atoms with Gasteiger partial charge in [0.05, 0.1) is 23.6 Å². The van der Waals surface area contributed by atoms with E-state index in [-0.39, 0.29) is 36.7 Å². The lowest BCUT2D eigenvalue weighted by molar-refractivity contribution is -0.137. The van der Waals surface area contributed by atoms with E-state index in [1.165, 1.54) is 17.0 Å². The molecule has 26 heavy (non-hydrogen) atoms. The number of carbonyl (C=O) groups excluding carboxylic acids is 1. The molecule has 1 aromatic carbocycles. The fourth-order valence-electron chi connectivity index (χ4n) is 3.12. The van der Waals surface area contributed by atoms with Gasteiger partial charge in [0.1, 0.15) is 5.82 Å². The van der Waals surface area contributed by atoms with Crippen LogP contribution in [0.4, 0.5) is 4.39 Å². The molecular weight excluding hydrogens is 343 g/mol. The van der Waals surface area contributed by atoms with Crippen molar-refractivity contribution in [2.24, 2.45) is 0 Å². The molecule has 2 heterocycles. The zero-order valence-corrected chi connectivity index (χ0v) is 14.0. The molecule has 1 saturated heterocycles. The lowest BCUT2D eigenvalue weighted by atomic mass is 10.1. The molecule has 1 aromatic heterocycles. The number of aliphatic carboxylic acids is 1. The predicted octanol–water partition coefficient (Wildman–Crippen LogP) is 1.76. The van der Waals surface area contributed by atoms with E-state index in [9.17, 15) is 18.8 Å². The van der Waals surface area contributed by atoms with Gasteiger partial charge >= 0.3 is 5.97 Å². The van der Waals surface area contributed by atoms with Crippen molar-refractivity contribution in [2.75, 3.05) is 19.7 Å². The third-order valence-corrected chi connectivity index (χ3v) is 4.37. The number of H-pyrrole nitrogens is 1. The highest BCUT2D eigenvalue weighted by molar-refractivity contribution is 6.06. The van der Waals surface area contributed by atoms with Gasteiger partial charge < -0.3 is 19.7 Å². The first kappa shape index (κ1) is 18.1. The number of aromatic nitrogens is 1. The number of carboxylic acid groups (broad SMARTS) is 1. The highest BCUT2D eigenvalue weighted by Crippen LogP contribution is 2.20. The number of hydrogen-bond acceptors (Lipinski definition) is 4. The van der Waals surface area contributed by atoms with Crippen LogP contribution in [-0.4, -0.2) is 52.7 Å². The normalized spacial score (nSPS) is 16.7. The van der Waals surface area contributed by atoms with Crippen LogP contribution in [-0.2, 0) is 9.53 Å². The second-order valence-corrected chi connectivity index (χ2v) is 6.27. The Hall–Kier alpha value is -2.74. The number of pyridine rings is 1. The number of nitrogens with one attached hydrogen (secondary N) is 1. The molecule has 1 aliphatic rings. The van der Waals surface area contributed by atoms with Gasteiger partial charge in [0.2, 0.25) is 5.56 Å². The maximum Gasteiger partial charge on any atom is 0.305 e. The van der Waals surface area contributed by atoms with Gasteiger partial charge in [0, 0.05) is 31.1 Å². The Labute approximate surface area is 148 Å². The van der Waals surface area contributed by atoms with Crippen LogP contribution in [0.25, 0.3) is 10.9 Å². The number of rotatable bonds is 6. The minimum absolute atomic E-state index is 0.00349. The molecule has 0 aliphatic carbocycles. The van der Waals surface area contributed by atoms with E-state index in [4.69, 9.17) is 9.84 Å². The SMILES string of the molecule is O=C(O)CCN(C[C@@H]1CCCO1)C(=O)c1cc(=O)[nH]c2cc(F)ccc12. The van der Waals surface area contributed by atoms with Crippen LogP contribution in [0.15, 0.2) is 29.1 Å². The standard InChI is InChI=1S/C18H19FN2O5/c19-11-3-4-13-14(9-16(22)20-15(13)8-11)18(25)21(6-5-17(23)24)10-12-2-1-7-26-12/h3-4,8-9,12H,1-2,5-7,10H2,(H,20,22)(H,23,24)/t12-/m0/s1. The molecule has 0 unspecified atom stereocenters. The van der Waals surface area contributed by atoms with Crippen molar-refractivity contribution in [2.45, 2.75) is 25.4 Å². The number of fused-ring (bicyclic) bond motifs is 1. The van der Waals surface area contributed by atoms with Crippen molar-refractivity contribution in [1.29, 1.82) is 0 Å². The van der Waals surface area contributed by atoms with E-state index in [0.717, 1.165) is 25.0 Å². The van der Waals surface area contributed by atoms with E-state index in [0.29, 0.717) is 12.0 Å². The van der Waals surface area contributed by atoms with Crippen molar-refractivity contribution in [3.05, 3.63) is 46.0 Å². The largest absolute Gasteiger partial charge is 0.481 e. The second-order valence-electron chi connectivity index (χ2n) is 6.27.